The van der Waals surface area contributed by atoms with Gasteiger partial charge in [0.15, 0.2) is 0 Å². The van der Waals surface area contributed by atoms with E-state index in [0.29, 0.717) is 23.8 Å². The number of carbonyl (C=O) groups is 1. The number of hydrogen-bond acceptors (Lipinski definition) is 2. The van der Waals surface area contributed by atoms with Gasteiger partial charge in [-0.15, -0.1) is 12.4 Å². The molecule has 2 heterocycles. The molecular weight excluding hydrogens is 321 g/mol. The van der Waals surface area contributed by atoms with Crippen molar-refractivity contribution in [1.29, 1.82) is 0 Å². The number of halogens is 2. The van der Waals surface area contributed by atoms with Crippen molar-refractivity contribution in [2.45, 2.75) is 12.0 Å². The normalized spacial score (nSPS) is 20.8. The van der Waals surface area contributed by atoms with Crippen LogP contribution in [0.5, 0.6) is 0 Å². The number of nitrogens with two attached hydrogens (primary N) is 1. The van der Waals surface area contributed by atoms with Crippen molar-refractivity contribution < 1.29 is 4.79 Å². The second kappa shape index (κ2) is 6.73. The number of amides is 1. The number of carbonyl (C=O) groups excluding carboxylic acids is 1. The summed E-state index contributed by atoms with van der Waals surface area (Å²) in [6, 6.07) is 11.8. The Balaban J connectivity index is 0.00000176. The summed E-state index contributed by atoms with van der Waals surface area (Å²) in [6.07, 6.45) is 1.74. The number of nitrogens with zero attached hydrogens (tertiary/aromatic N) is 2. The van der Waals surface area contributed by atoms with Crippen molar-refractivity contribution in [2.75, 3.05) is 13.1 Å². The predicted octanol–water partition coefficient (Wildman–Crippen LogP) is 2.67. The van der Waals surface area contributed by atoms with Gasteiger partial charge in [0.2, 0.25) is 0 Å². The van der Waals surface area contributed by atoms with Crippen LogP contribution < -0.4 is 5.73 Å². The topological polar surface area (TPSA) is 51.3 Å². The third-order valence-corrected chi connectivity index (χ3v) is 4.28. The first-order chi connectivity index (χ1) is 10.1. The van der Waals surface area contributed by atoms with Crippen LogP contribution in [0.4, 0.5) is 0 Å². The second-order valence-corrected chi connectivity index (χ2v) is 5.98. The summed E-state index contributed by atoms with van der Waals surface area (Å²) in [5.41, 5.74) is 8.02. The Morgan fingerprint density at radius 3 is 2.55 bits per heavy atom. The SMILES string of the molecule is Cl.Cn1cc(Cl)cc1C(=O)N1C[C@@H](N)[C@H](c2ccccc2)C1. The largest absolute Gasteiger partial charge is 0.345 e. The molecule has 0 bridgehead atoms. The molecule has 1 saturated heterocycles. The van der Waals surface area contributed by atoms with Gasteiger partial charge in [0.05, 0.1) is 5.02 Å². The van der Waals surface area contributed by atoms with E-state index >= 15 is 0 Å². The number of benzene rings is 1. The molecule has 2 N–H and O–H groups in total. The Labute approximate surface area is 141 Å². The molecular formula is C16H19Cl2N3O. The highest BCUT2D eigenvalue weighted by Crippen LogP contribution is 2.27. The fraction of sp³-hybridized carbons (Fsp3) is 0.312. The summed E-state index contributed by atoms with van der Waals surface area (Å²) in [4.78, 5) is 14.4. The number of likely N-dealkylation sites (tertiary alicyclic amines) is 1. The van der Waals surface area contributed by atoms with E-state index in [4.69, 9.17) is 17.3 Å². The molecule has 0 spiro atoms. The van der Waals surface area contributed by atoms with E-state index < -0.39 is 0 Å². The standard InChI is InChI=1S/C16H18ClN3O.ClH/c1-19-8-12(17)7-15(19)16(21)20-9-13(14(18)10-20)11-5-3-2-4-6-11;/h2-8,13-14H,9-10,18H2,1H3;1H/t13-,14+;/m0./s1. The lowest BCUT2D eigenvalue weighted by Gasteiger charge is -2.16. The number of hydrogen-bond donors (Lipinski definition) is 1. The molecule has 0 unspecified atom stereocenters. The van der Waals surface area contributed by atoms with Gasteiger partial charge in [0, 0.05) is 38.3 Å². The molecule has 1 aromatic heterocycles. The maximum Gasteiger partial charge on any atom is 0.270 e. The minimum Gasteiger partial charge on any atom is -0.345 e. The van der Waals surface area contributed by atoms with Crippen LogP contribution in [0.1, 0.15) is 22.0 Å². The molecule has 1 amide bonds. The summed E-state index contributed by atoms with van der Waals surface area (Å²) in [5, 5.41) is 0.573. The van der Waals surface area contributed by atoms with Crippen molar-refractivity contribution in [3.63, 3.8) is 0 Å². The van der Waals surface area contributed by atoms with Gasteiger partial charge in [-0.05, 0) is 11.6 Å². The van der Waals surface area contributed by atoms with E-state index in [9.17, 15) is 4.79 Å². The van der Waals surface area contributed by atoms with E-state index in [0.717, 1.165) is 0 Å². The molecule has 118 valence electrons. The van der Waals surface area contributed by atoms with Crippen LogP contribution in [0.25, 0.3) is 0 Å². The third-order valence-electron chi connectivity index (χ3n) is 4.07. The number of aryl methyl sites for hydroxylation is 1. The van der Waals surface area contributed by atoms with Crippen molar-refractivity contribution in [3.8, 4) is 0 Å². The van der Waals surface area contributed by atoms with Crippen molar-refractivity contribution in [3.05, 3.63) is 58.9 Å². The van der Waals surface area contributed by atoms with E-state index in [-0.39, 0.29) is 30.3 Å². The zero-order valence-electron chi connectivity index (χ0n) is 12.3. The first-order valence-corrected chi connectivity index (χ1v) is 7.35. The van der Waals surface area contributed by atoms with Gasteiger partial charge < -0.3 is 15.2 Å². The van der Waals surface area contributed by atoms with Crippen LogP contribution in [0.2, 0.25) is 5.02 Å². The molecule has 0 saturated carbocycles. The highest BCUT2D eigenvalue weighted by Gasteiger charge is 2.34. The van der Waals surface area contributed by atoms with Crippen LogP contribution in [0.15, 0.2) is 42.6 Å². The minimum atomic E-state index is -0.0351. The number of aromatic nitrogens is 1. The Kier molecular flexibility index (Phi) is 5.16. The van der Waals surface area contributed by atoms with Crippen molar-refractivity contribution in [1.82, 2.24) is 9.47 Å². The molecule has 2 aromatic rings. The molecule has 0 aliphatic carbocycles. The lowest BCUT2D eigenvalue weighted by atomic mass is 9.95. The lowest BCUT2D eigenvalue weighted by molar-refractivity contribution is 0.0780. The second-order valence-electron chi connectivity index (χ2n) is 5.55. The summed E-state index contributed by atoms with van der Waals surface area (Å²) in [6.45, 7) is 1.22. The molecule has 4 nitrogen and oxygen atoms in total. The van der Waals surface area contributed by atoms with Gasteiger partial charge >= 0.3 is 0 Å². The number of rotatable bonds is 2. The van der Waals surface area contributed by atoms with Gasteiger partial charge in [0.25, 0.3) is 5.91 Å². The van der Waals surface area contributed by atoms with Crippen LogP contribution >= 0.6 is 24.0 Å². The van der Waals surface area contributed by atoms with Crippen LogP contribution in [-0.4, -0.2) is 34.5 Å². The van der Waals surface area contributed by atoms with Crippen LogP contribution in [0, 0.1) is 0 Å². The summed E-state index contributed by atoms with van der Waals surface area (Å²) < 4.78 is 1.76. The zero-order valence-corrected chi connectivity index (χ0v) is 13.8. The highest BCUT2D eigenvalue weighted by molar-refractivity contribution is 6.31. The smallest absolute Gasteiger partial charge is 0.270 e. The molecule has 0 radical (unpaired) electrons. The molecule has 6 heteroatoms. The molecule has 1 aliphatic rings. The molecule has 1 aromatic carbocycles. The zero-order chi connectivity index (χ0) is 15.0. The minimum absolute atomic E-state index is 0. The molecule has 1 fully saturated rings. The average molecular weight is 340 g/mol. The first-order valence-electron chi connectivity index (χ1n) is 6.98. The predicted molar refractivity (Wildman–Crippen MR) is 90.7 cm³/mol. The van der Waals surface area contributed by atoms with Gasteiger partial charge in [0.1, 0.15) is 5.69 Å². The first kappa shape index (κ1) is 16.9. The fourth-order valence-corrected chi connectivity index (χ4v) is 3.20. The van der Waals surface area contributed by atoms with Gasteiger partial charge in [-0.3, -0.25) is 4.79 Å². The Bertz CT molecular complexity index is 657. The van der Waals surface area contributed by atoms with Crippen molar-refractivity contribution in [2.24, 2.45) is 12.8 Å². The van der Waals surface area contributed by atoms with Gasteiger partial charge in [-0.1, -0.05) is 41.9 Å². The maximum atomic E-state index is 12.6. The highest BCUT2D eigenvalue weighted by atomic mass is 35.5. The third kappa shape index (κ3) is 3.14. The van der Waals surface area contributed by atoms with Crippen LogP contribution in [0.3, 0.4) is 0 Å². The van der Waals surface area contributed by atoms with Crippen LogP contribution in [-0.2, 0) is 7.05 Å². The Morgan fingerprint density at radius 2 is 1.95 bits per heavy atom. The average Bonchev–Trinajstić information content (AvgIpc) is 3.02. The monoisotopic (exact) mass is 339 g/mol. The van der Waals surface area contributed by atoms with Gasteiger partial charge in [-0.25, -0.2) is 0 Å². The molecule has 2 atom stereocenters. The van der Waals surface area contributed by atoms with E-state index in [1.54, 1.807) is 16.8 Å². The fourth-order valence-electron chi connectivity index (χ4n) is 2.95. The summed E-state index contributed by atoms with van der Waals surface area (Å²) in [7, 11) is 1.82. The van der Waals surface area contributed by atoms with E-state index in [1.165, 1.54) is 5.56 Å². The lowest BCUT2D eigenvalue weighted by Crippen LogP contribution is -2.33. The summed E-state index contributed by atoms with van der Waals surface area (Å²) in [5.74, 6) is 0.171. The Morgan fingerprint density at radius 1 is 1.27 bits per heavy atom. The van der Waals surface area contributed by atoms with Crippen molar-refractivity contribution >= 4 is 29.9 Å². The van der Waals surface area contributed by atoms with E-state index in [1.807, 2.05) is 30.1 Å². The summed E-state index contributed by atoms with van der Waals surface area (Å²) >= 11 is 5.95. The quantitative estimate of drug-likeness (QED) is 0.914. The van der Waals surface area contributed by atoms with Gasteiger partial charge in [-0.2, -0.15) is 0 Å². The molecule has 1 aliphatic heterocycles. The maximum absolute atomic E-state index is 12.6. The molecule has 3 rings (SSSR count). The van der Waals surface area contributed by atoms with E-state index in [2.05, 4.69) is 12.1 Å². The Hall–Kier alpha value is -1.49. The molecule has 22 heavy (non-hydrogen) atoms.